The second-order valence-electron chi connectivity index (χ2n) is 5.35. The second-order valence-corrected chi connectivity index (χ2v) is 5.35. The zero-order valence-electron chi connectivity index (χ0n) is 12.4. The highest BCUT2D eigenvalue weighted by molar-refractivity contribution is 5.70. The molecule has 1 saturated carbocycles. The Bertz CT molecular complexity index is 463. The number of carboxylic acids is 1. The van der Waals surface area contributed by atoms with Crippen molar-refractivity contribution in [3.8, 4) is 11.5 Å². The molecule has 0 amide bonds. The van der Waals surface area contributed by atoms with Crippen LogP contribution in [-0.4, -0.2) is 37.4 Å². The van der Waals surface area contributed by atoms with Crippen molar-refractivity contribution in [1.82, 2.24) is 5.32 Å². The highest BCUT2D eigenvalue weighted by atomic mass is 16.5. The molecule has 0 aromatic heterocycles. The molecule has 1 aliphatic rings. The Balaban J connectivity index is 1.71. The van der Waals surface area contributed by atoms with Gasteiger partial charge in [0.05, 0.1) is 13.0 Å². The lowest BCUT2D eigenvalue weighted by atomic mass is 9.86. The number of methoxy groups -OCH3 is 1. The van der Waals surface area contributed by atoms with E-state index in [9.17, 15) is 4.79 Å². The standard InChI is InChI=1S/C16H23NO4/c1-20-14-7-2-3-8-15(14)21-10-9-17-13-6-4-5-12(11-13)16(18)19/h2-3,7-8,12-13,17H,4-6,9-11H2,1H3,(H,18,19). The van der Waals surface area contributed by atoms with Gasteiger partial charge in [0.1, 0.15) is 6.61 Å². The fourth-order valence-electron chi connectivity index (χ4n) is 2.76. The van der Waals surface area contributed by atoms with Gasteiger partial charge in [-0.1, -0.05) is 18.6 Å². The third kappa shape index (κ3) is 4.63. The summed E-state index contributed by atoms with van der Waals surface area (Å²) in [5.74, 6) is 0.577. The average molecular weight is 293 g/mol. The Kier molecular flexibility index (Phi) is 5.87. The van der Waals surface area contributed by atoms with Gasteiger partial charge >= 0.3 is 5.97 Å². The van der Waals surface area contributed by atoms with Crippen LogP contribution in [0.2, 0.25) is 0 Å². The number of carbonyl (C=O) groups is 1. The van der Waals surface area contributed by atoms with Gasteiger partial charge < -0.3 is 19.9 Å². The van der Waals surface area contributed by atoms with Crippen molar-refractivity contribution in [3.63, 3.8) is 0 Å². The Morgan fingerprint density at radius 1 is 1.33 bits per heavy atom. The molecule has 0 bridgehead atoms. The van der Waals surface area contributed by atoms with Gasteiger partial charge in [0.2, 0.25) is 0 Å². The molecule has 2 atom stereocenters. The third-order valence-corrected chi connectivity index (χ3v) is 3.89. The lowest BCUT2D eigenvalue weighted by Crippen LogP contribution is -2.38. The van der Waals surface area contributed by atoms with Gasteiger partial charge in [-0.25, -0.2) is 0 Å². The van der Waals surface area contributed by atoms with Crippen LogP contribution in [0.4, 0.5) is 0 Å². The molecule has 1 fully saturated rings. The van der Waals surface area contributed by atoms with Crippen LogP contribution in [0.15, 0.2) is 24.3 Å². The number of hydrogen-bond donors (Lipinski definition) is 2. The smallest absolute Gasteiger partial charge is 0.306 e. The van der Waals surface area contributed by atoms with Crippen LogP contribution in [0, 0.1) is 5.92 Å². The fourth-order valence-corrected chi connectivity index (χ4v) is 2.76. The normalized spacial score (nSPS) is 21.8. The van der Waals surface area contributed by atoms with Crippen LogP contribution in [0.5, 0.6) is 11.5 Å². The Labute approximate surface area is 125 Å². The summed E-state index contributed by atoms with van der Waals surface area (Å²) >= 11 is 0. The number of benzene rings is 1. The number of para-hydroxylation sites is 2. The highest BCUT2D eigenvalue weighted by Gasteiger charge is 2.26. The first-order valence-corrected chi connectivity index (χ1v) is 7.42. The minimum Gasteiger partial charge on any atom is -0.493 e. The minimum atomic E-state index is -0.674. The lowest BCUT2D eigenvalue weighted by molar-refractivity contribution is -0.143. The van der Waals surface area contributed by atoms with Crippen LogP contribution in [0.1, 0.15) is 25.7 Å². The van der Waals surface area contributed by atoms with Gasteiger partial charge in [-0.15, -0.1) is 0 Å². The molecule has 1 aromatic rings. The van der Waals surface area contributed by atoms with Crippen LogP contribution in [0.25, 0.3) is 0 Å². The maximum absolute atomic E-state index is 11.0. The predicted octanol–water partition coefficient (Wildman–Crippen LogP) is 2.31. The number of hydrogen-bond acceptors (Lipinski definition) is 4. The lowest BCUT2D eigenvalue weighted by Gasteiger charge is -2.27. The summed E-state index contributed by atoms with van der Waals surface area (Å²) in [6.07, 6.45) is 3.52. The molecule has 2 N–H and O–H groups in total. The van der Waals surface area contributed by atoms with Crippen molar-refractivity contribution >= 4 is 5.97 Å². The van der Waals surface area contributed by atoms with E-state index in [0.717, 1.165) is 30.8 Å². The Morgan fingerprint density at radius 3 is 2.81 bits per heavy atom. The van der Waals surface area contributed by atoms with E-state index in [1.807, 2.05) is 24.3 Å². The Morgan fingerprint density at radius 2 is 2.10 bits per heavy atom. The van der Waals surface area contributed by atoms with Crippen molar-refractivity contribution in [2.45, 2.75) is 31.7 Å². The first-order valence-electron chi connectivity index (χ1n) is 7.42. The summed E-state index contributed by atoms with van der Waals surface area (Å²) in [6.45, 7) is 1.24. The second kappa shape index (κ2) is 7.88. The molecule has 0 radical (unpaired) electrons. The monoisotopic (exact) mass is 293 g/mol. The van der Waals surface area contributed by atoms with Gasteiger partial charge in [0.25, 0.3) is 0 Å². The topological polar surface area (TPSA) is 67.8 Å². The van der Waals surface area contributed by atoms with E-state index in [4.69, 9.17) is 14.6 Å². The van der Waals surface area contributed by atoms with Gasteiger partial charge in [0, 0.05) is 12.6 Å². The largest absolute Gasteiger partial charge is 0.493 e. The van der Waals surface area contributed by atoms with Crippen molar-refractivity contribution < 1.29 is 19.4 Å². The number of nitrogens with one attached hydrogen (secondary N) is 1. The van der Waals surface area contributed by atoms with Gasteiger partial charge in [-0.05, 0) is 31.4 Å². The van der Waals surface area contributed by atoms with Crippen LogP contribution in [-0.2, 0) is 4.79 Å². The van der Waals surface area contributed by atoms with Crippen LogP contribution < -0.4 is 14.8 Å². The summed E-state index contributed by atoms with van der Waals surface area (Å²) < 4.78 is 10.9. The predicted molar refractivity (Wildman–Crippen MR) is 79.9 cm³/mol. The molecule has 0 aliphatic heterocycles. The summed E-state index contributed by atoms with van der Waals surface area (Å²) in [5, 5.41) is 12.5. The molecule has 2 rings (SSSR count). The highest BCUT2D eigenvalue weighted by Crippen LogP contribution is 2.26. The first kappa shape index (κ1) is 15.6. The summed E-state index contributed by atoms with van der Waals surface area (Å²) in [4.78, 5) is 11.0. The van der Waals surface area contributed by atoms with E-state index >= 15 is 0 Å². The molecule has 0 spiro atoms. The van der Waals surface area contributed by atoms with Crippen molar-refractivity contribution in [3.05, 3.63) is 24.3 Å². The van der Waals surface area contributed by atoms with Crippen LogP contribution in [0.3, 0.4) is 0 Å². The van der Waals surface area contributed by atoms with Gasteiger partial charge in [-0.3, -0.25) is 4.79 Å². The van der Waals surface area contributed by atoms with E-state index in [-0.39, 0.29) is 12.0 Å². The maximum atomic E-state index is 11.0. The molecule has 5 nitrogen and oxygen atoms in total. The molecule has 0 heterocycles. The quantitative estimate of drug-likeness (QED) is 0.755. The minimum absolute atomic E-state index is 0.202. The SMILES string of the molecule is COc1ccccc1OCCNC1CCCC(C(=O)O)C1. The maximum Gasteiger partial charge on any atom is 0.306 e. The van der Waals surface area contributed by atoms with E-state index in [2.05, 4.69) is 5.32 Å². The molecule has 1 aromatic carbocycles. The molecule has 5 heteroatoms. The summed E-state index contributed by atoms with van der Waals surface area (Å²) in [7, 11) is 1.62. The zero-order chi connectivity index (χ0) is 15.1. The molecule has 0 saturated heterocycles. The first-order chi connectivity index (χ1) is 10.2. The summed E-state index contributed by atoms with van der Waals surface area (Å²) in [6, 6.07) is 7.82. The molecular formula is C16H23NO4. The van der Waals surface area contributed by atoms with Crippen molar-refractivity contribution in [2.75, 3.05) is 20.3 Å². The average Bonchev–Trinajstić information content (AvgIpc) is 2.52. The molecule has 1 aliphatic carbocycles. The van der Waals surface area contributed by atoms with Crippen molar-refractivity contribution in [1.29, 1.82) is 0 Å². The van der Waals surface area contributed by atoms with Gasteiger partial charge in [-0.2, -0.15) is 0 Å². The number of ether oxygens (including phenoxy) is 2. The zero-order valence-corrected chi connectivity index (χ0v) is 12.4. The Hall–Kier alpha value is -1.75. The van der Waals surface area contributed by atoms with E-state index in [1.54, 1.807) is 7.11 Å². The number of carboxylic acid groups (broad SMARTS) is 1. The van der Waals surface area contributed by atoms with E-state index in [0.29, 0.717) is 19.6 Å². The molecule has 2 unspecified atom stereocenters. The number of rotatable bonds is 7. The fraction of sp³-hybridized carbons (Fsp3) is 0.562. The van der Waals surface area contributed by atoms with Crippen molar-refractivity contribution in [2.24, 2.45) is 5.92 Å². The van der Waals surface area contributed by atoms with E-state index in [1.165, 1.54) is 0 Å². The van der Waals surface area contributed by atoms with Crippen LogP contribution >= 0.6 is 0 Å². The third-order valence-electron chi connectivity index (χ3n) is 3.89. The number of aliphatic carboxylic acids is 1. The van der Waals surface area contributed by atoms with Gasteiger partial charge in [0.15, 0.2) is 11.5 Å². The summed E-state index contributed by atoms with van der Waals surface area (Å²) in [5.41, 5.74) is 0. The molecule has 116 valence electrons. The van der Waals surface area contributed by atoms with E-state index < -0.39 is 5.97 Å². The molecular weight excluding hydrogens is 270 g/mol. The molecule has 21 heavy (non-hydrogen) atoms.